The van der Waals surface area contributed by atoms with Crippen LogP contribution in [0.5, 0.6) is 0 Å². The van der Waals surface area contributed by atoms with Gasteiger partial charge in [-0.1, -0.05) is 31.5 Å². The maximum Gasteiger partial charge on any atom is 0.276 e. The predicted molar refractivity (Wildman–Crippen MR) is 77.0 cm³/mol. The minimum Gasteiger partial charge on any atom is -0.443 e. The van der Waals surface area contributed by atoms with Gasteiger partial charge in [-0.05, 0) is 12.5 Å². The number of furan rings is 1. The molecule has 0 bridgehead atoms. The van der Waals surface area contributed by atoms with E-state index >= 15 is 0 Å². The van der Waals surface area contributed by atoms with Crippen molar-refractivity contribution >= 4 is 21.0 Å². The third-order valence-corrected chi connectivity index (χ3v) is 4.86. The Morgan fingerprint density at radius 1 is 1.25 bits per heavy atom. The lowest BCUT2D eigenvalue weighted by molar-refractivity contribution is 0.250. The molecule has 0 amide bonds. The molecular formula is C14H19NO4S. The molecular weight excluding hydrogens is 278 g/mol. The van der Waals surface area contributed by atoms with E-state index in [9.17, 15) is 8.42 Å². The Kier molecular flexibility index (Phi) is 4.80. The molecule has 0 saturated heterocycles. The average Bonchev–Trinajstić information content (AvgIpc) is 2.88. The number of nitrogens with zero attached hydrogens (tertiary/aromatic N) is 1. The first-order valence-electron chi connectivity index (χ1n) is 6.69. The van der Waals surface area contributed by atoms with Crippen LogP contribution in [-0.4, -0.2) is 37.5 Å². The summed E-state index contributed by atoms with van der Waals surface area (Å²) in [6.45, 7) is 2.25. The van der Waals surface area contributed by atoms with Gasteiger partial charge in [-0.25, -0.2) is 8.42 Å². The van der Waals surface area contributed by atoms with Crippen LogP contribution >= 0.6 is 0 Å². The van der Waals surface area contributed by atoms with E-state index in [-0.39, 0.29) is 18.2 Å². The molecule has 0 fully saturated rings. The lowest BCUT2D eigenvalue weighted by Gasteiger charge is -2.19. The number of aliphatic hydroxyl groups is 1. The molecule has 0 aliphatic heterocycles. The van der Waals surface area contributed by atoms with Crippen molar-refractivity contribution in [2.24, 2.45) is 0 Å². The second-order valence-electron chi connectivity index (χ2n) is 4.58. The molecule has 5 nitrogen and oxygen atoms in total. The van der Waals surface area contributed by atoms with Crippen molar-refractivity contribution < 1.29 is 17.9 Å². The zero-order chi connectivity index (χ0) is 14.6. The molecule has 2 rings (SSSR count). The van der Waals surface area contributed by atoms with E-state index in [4.69, 9.17) is 9.52 Å². The molecule has 0 aliphatic carbocycles. The van der Waals surface area contributed by atoms with Crippen LogP contribution in [0, 0.1) is 0 Å². The fourth-order valence-corrected chi connectivity index (χ4v) is 3.43. The highest BCUT2D eigenvalue weighted by molar-refractivity contribution is 7.89. The highest BCUT2D eigenvalue weighted by Gasteiger charge is 2.27. The highest BCUT2D eigenvalue weighted by atomic mass is 32.2. The van der Waals surface area contributed by atoms with Crippen molar-refractivity contribution in [3.8, 4) is 0 Å². The Morgan fingerprint density at radius 2 is 2.00 bits per heavy atom. The number of hydrogen-bond donors (Lipinski definition) is 1. The SMILES string of the molecule is CCCCN(CCO)S(=O)(=O)c1cc2ccccc2o1. The topological polar surface area (TPSA) is 70.8 Å². The minimum absolute atomic E-state index is 0.0664. The lowest BCUT2D eigenvalue weighted by atomic mass is 10.3. The van der Waals surface area contributed by atoms with E-state index in [1.165, 1.54) is 10.4 Å². The highest BCUT2D eigenvalue weighted by Crippen LogP contribution is 2.25. The molecule has 1 heterocycles. The molecule has 20 heavy (non-hydrogen) atoms. The van der Waals surface area contributed by atoms with Crippen molar-refractivity contribution in [3.63, 3.8) is 0 Å². The van der Waals surface area contributed by atoms with Gasteiger partial charge in [0, 0.05) is 24.5 Å². The predicted octanol–water partition coefficient (Wildman–Crippen LogP) is 2.22. The first-order valence-corrected chi connectivity index (χ1v) is 8.13. The maximum absolute atomic E-state index is 12.5. The summed E-state index contributed by atoms with van der Waals surface area (Å²) in [6.07, 6.45) is 1.64. The van der Waals surface area contributed by atoms with Gasteiger partial charge in [0.25, 0.3) is 10.0 Å². The van der Waals surface area contributed by atoms with Gasteiger partial charge in [-0.2, -0.15) is 4.31 Å². The van der Waals surface area contributed by atoms with Crippen molar-refractivity contribution in [3.05, 3.63) is 30.3 Å². The molecule has 0 unspecified atom stereocenters. The molecule has 0 spiro atoms. The van der Waals surface area contributed by atoms with Crippen LogP contribution in [0.1, 0.15) is 19.8 Å². The Morgan fingerprint density at radius 3 is 2.65 bits per heavy atom. The Hall–Kier alpha value is -1.37. The van der Waals surface area contributed by atoms with Crippen LogP contribution in [0.4, 0.5) is 0 Å². The van der Waals surface area contributed by atoms with Crippen LogP contribution in [0.15, 0.2) is 39.8 Å². The number of benzene rings is 1. The number of fused-ring (bicyclic) bond motifs is 1. The van der Waals surface area contributed by atoms with Crippen molar-refractivity contribution in [1.29, 1.82) is 0 Å². The molecule has 1 N–H and O–H groups in total. The van der Waals surface area contributed by atoms with Crippen molar-refractivity contribution in [2.45, 2.75) is 24.9 Å². The number of sulfonamides is 1. The van der Waals surface area contributed by atoms with E-state index in [1.54, 1.807) is 18.2 Å². The Bertz CT molecular complexity index is 630. The second kappa shape index (κ2) is 6.39. The third-order valence-electron chi connectivity index (χ3n) is 3.11. The zero-order valence-corrected chi connectivity index (χ0v) is 12.3. The first-order chi connectivity index (χ1) is 9.59. The fraction of sp³-hybridized carbons (Fsp3) is 0.429. The minimum atomic E-state index is -3.69. The summed E-state index contributed by atoms with van der Waals surface area (Å²) >= 11 is 0. The van der Waals surface area contributed by atoms with Gasteiger partial charge in [0.2, 0.25) is 5.09 Å². The second-order valence-corrected chi connectivity index (χ2v) is 6.45. The van der Waals surface area contributed by atoms with Gasteiger partial charge in [0.1, 0.15) is 5.58 Å². The van der Waals surface area contributed by atoms with Crippen molar-refractivity contribution in [2.75, 3.05) is 19.7 Å². The fourth-order valence-electron chi connectivity index (χ4n) is 2.01. The average molecular weight is 297 g/mol. The summed E-state index contributed by atoms with van der Waals surface area (Å²) < 4.78 is 31.7. The monoisotopic (exact) mass is 297 g/mol. The van der Waals surface area contributed by atoms with Gasteiger partial charge >= 0.3 is 0 Å². The normalized spacial score (nSPS) is 12.3. The van der Waals surface area contributed by atoms with Crippen molar-refractivity contribution in [1.82, 2.24) is 4.31 Å². The first kappa shape index (κ1) is 15.0. The van der Waals surface area contributed by atoms with E-state index in [0.29, 0.717) is 12.1 Å². The van der Waals surface area contributed by atoms with Gasteiger partial charge in [0.05, 0.1) is 6.61 Å². The summed E-state index contributed by atoms with van der Waals surface area (Å²) in [4.78, 5) is 0. The Labute approximate surface area is 118 Å². The molecule has 0 aliphatic rings. The molecule has 6 heteroatoms. The lowest BCUT2D eigenvalue weighted by Crippen LogP contribution is -2.34. The summed E-state index contributed by atoms with van der Waals surface area (Å²) in [5.74, 6) is 0. The van der Waals surface area contributed by atoms with Crippen LogP contribution in [0.25, 0.3) is 11.0 Å². The summed E-state index contributed by atoms with van der Waals surface area (Å²) in [7, 11) is -3.69. The number of hydrogen-bond acceptors (Lipinski definition) is 4. The summed E-state index contributed by atoms with van der Waals surface area (Å²) in [5, 5.41) is 9.74. The van der Waals surface area contributed by atoms with E-state index in [1.807, 2.05) is 13.0 Å². The van der Waals surface area contributed by atoms with E-state index in [2.05, 4.69) is 0 Å². The quantitative estimate of drug-likeness (QED) is 0.850. The third kappa shape index (κ3) is 3.03. The van der Waals surface area contributed by atoms with Crippen LogP contribution in [0.3, 0.4) is 0 Å². The van der Waals surface area contributed by atoms with E-state index in [0.717, 1.165) is 18.2 Å². The van der Waals surface area contributed by atoms with Gasteiger partial charge in [-0.3, -0.25) is 0 Å². The molecule has 0 saturated carbocycles. The van der Waals surface area contributed by atoms with Crippen LogP contribution < -0.4 is 0 Å². The molecule has 1 aromatic heterocycles. The van der Waals surface area contributed by atoms with Crippen LogP contribution in [0.2, 0.25) is 0 Å². The Balaban J connectivity index is 2.35. The number of unbranched alkanes of at least 4 members (excludes halogenated alkanes) is 1. The van der Waals surface area contributed by atoms with E-state index < -0.39 is 10.0 Å². The molecule has 1 aromatic carbocycles. The summed E-state index contributed by atoms with van der Waals surface area (Å²) in [5.41, 5.74) is 0.547. The van der Waals surface area contributed by atoms with Gasteiger partial charge in [-0.15, -0.1) is 0 Å². The maximum atomic E-state index is 12.5. The number of para-hydroxylation sites is 1. The summed E-state index contributed by atoms with van der Waals surface area (Å²) in [6, 6.07) is 8.69. The molecule has 0 radical (unpaired) electrons. The molecule has 2 aromatic rings. The van der Waals surface area contributed by atoms with Crippen LogP contribution in [-0.2, 0) is 10.0 Å². The number of aliphatic hydroxyl groups excluding tert-OH is 1. The molecule has 110 valence electrons. The van der Waals surface area contributed by atoms with Gasteiger partial charge in [0.15, 0.2) is 0 Å². The smallest absolute Gasteiger partial charge is 0.276 e. The molecule has 0 atom stereocenters. The number of rotatable bonds is 7. The van der Waals surface area contributed by atoms with Gasteiger partial charge < -0.3 is 9.52 Å². The largest absolute Gasteiger partial charge is 0.443 e. The zero-order valence-electron chi connectivity index (χ0n) is 11.4. The standard InChI is InChI=1S/C14H19NO4S/c1-2-3-8-15(9-10-16)20(17,18)14-11-12-6-4-5-7-13(12)19-14/h4-7,11,16H,2-3,8-10H2,1H3.